The number of hydrogen-bond acceptors (Lipinski definition) is 4. The molecule has 5 heteroatoms. The van der Waals surface area contributed by atoms with Crippen molar-refractivity contribution >= 4 is 5.69 Å². The molecule has 1 N–H and O–H groups in total. The Morgan fingerprint density at radius 1 is 1.35 bits per heavy atom. The minimum absolute atomic E-state index is 0.0328. The van der Waals surface area contributed by atoms with Gasteiger partial charge in [-0.05, 0) is 18.6 Å². The Bertz CT molecular complexity index is 656. The molecule has 0 bridgehead atoms. The van der Waals surface area contributed by atoms with Crippen molar-refractivity contribution in [2.75, 3.05) is 25.0 Å². The molecule has 4 rings (SSSR count). The van der Waals surface area contributed by atoms with Crippen LogP contribution in [0.4, 0.5) is 5.69 Å². The summed E-state index contributed by atoms with van der Waals surface area (Å²) in [6.45, 7) is 3.88. The summed E-state index contributed by atoms with van der Waals surface area (Å²) in [6, 6.07) is 10.8. The van der Waals surface area contributed by atoms with Crippen LogP contribution in [0.3, 0.4) is 0 Å². The van der Waals surface area contributed by atoms with Crippen molar-refractivity contribution in [2.45, 2.75) is 31.0 Å². The quantitative estimate of drug-likeness (QED) is 0.940. The minimum Gasteiger partial charge on any atom is -0.380 e. The van der Waals surface area contributed by atoms with Crippen LogP contribution in [0.25, 0.3) is 0 Å². The molecule has 0 unspecified atom stereocenters. The maximum Gasteiger partial charge on any atom is 0.0945 e. The van der Waals surface area contributed by atoms with Crippen molar-refractivity contribution in [1.82, 2.24) is 14.5 Å². The van der Waals surface area contributed by atoms with Gasteiger partial charge in [-0.25, -0.2) is 4.98 Å². The average Bonchev–Trinajstić information content (AvgIpc) is 3.25. The van der Waals surface area contributed by atoms with Gasteiger partial charge in [0.25, 0.3) is 0 Å². The summed E-state index contributed by atoms with van der Waals surface area (Å²) in [7, 11) is 2.06. The Balaban J connectivity index is 1.35. The normalized spacial score (nSPS) is 27.8. The molecular formula is C18H24N4O. The molecule has 0 radical (unpaired) electrons. The van der Waals surface area contributed by atoms with Crippen LogP contribution in [0.1, 0.15) is 18.5 Å². The van der Waals surface area contributed by atoms with E-state index in [1.807, 2.05) is 18.6 Å². The second kappa shape index (κ2) is 5.98. The van der Waals surface area contributed by atoms with Crippen LogP contribution in [0.15, 0.2) is 42.9 Å². The number of likely N-dealkylation sites (tertiary alicyclic amines) is 1. The summed E-state index contributed by atoms with van der Waals surface area (Å²) < 4.78 is 8.34. The molecule has 2 fully saturated rings. The van der Waals surface area contributed by atoms with Crippen LogP contribution < -0.4 is 5.32 Å². The lowest BCUT2D eigenvalue weighted by Gasteiger charge is -2.23. The smallest absolute Gasteiger partial charge is 0.0945 e. The predicted octanol–water partition coefficient (Wildman–Crippen LogP) is 2.27. The van der Waals surface area contributed by atoms with Crippen molar-refractivity contribution in [3.8, 4) is 0 Å². The maximum absolute atomic E-state index is 6.24. The van der Waals surface area contributed by atoms with Crippen molar-refractivity contribution in [3.63, 3.8) is 0 Å². The van der Waals surface area contributed by atoms with Gasteiger partial charge in [0.2, 0.25) is 0 Å². The van der Waals surface area contributed by atoms with Crippen LogP contribution in [0.5, 0.6) is 0 Å². The SMILES string of the molecule is Cn1cncc1CN1CC[C@@]2(C[C@H](Nc3ccccc3)CO2)C1. The molecular weight excluding hydrogens is 288 g/mol. The molecule has 122 valence electrons. The van der Waals surface area contributed by atoms with Gasteiger partial charge in [0.15, 0.2) is 0 Å². The van der Waals surface area contributed by atoms with Crippen LogP contribution in [0, 0.1) is 0 Å². The van der Waals surface area contributed by atoms with Crippen LogP contribution in [-0.4, -0.2) is 45.8 Å². The van der Waals surface area contributed by atoms with Crippen molar-refractivity contribution in [2.24, 2.45) is 7.05 Å². The monoisotopic (exact) mass is 312 g/mol. The van der Waals surface area contributed by atoms with E-state index in [4.69, 9.17) is 4.74 Å². The van der Waals surface area contributed by atoms with Crippen LogP contribution in [-0.2, 0) is 18.3 Å². The van der Waals surface area contributed by atoms with E-state index in [2.05, 4.69) is 51.1 Å². The first kappa shape index (κ1) is 14.7. The Morgan fingerprint density at radius 3 is 3.00 bits per heavy atom. The first-order valence-electron chi connectivity index (χ1n) is 8.36. The first-order chi connectivity index (χ1) is 11.2. The molecule has 1 spiro atoms. The molecule has 2 aliphatic rings. The van der Waals surface area contributed by atoms with Crippen molar-refractivity contribution in [3.05, 3.63) is 48.5 Å². The topological polar surface area (TPSA) is 42.3 Å². The number of aromatic nitrogens is 2. The summed E-state index contributed by atoms with van der Waals surface area (Å²) in [4.78, 5) is 6.69. The fourth-order valence-corrected chi connectivity index (χ4v) is 3.82. The number of para-hydroxylation sites is 1. The molecule has 23 heavy (non-hydrogen) atoms. The van der Waals surface area contributed by atoms with E-state index in [0.29, 0.717) is 6.04 Å². The Kier molecular flexibility index (Phi) is 3.83. The lowest BCUT2D eigenvalue weighted by Crippen LogP contribution is -2.33. The Labute approximate surface area is 137 Å². The standard InChI is InChI=1S/C18H24N4O/c1-21-14-19-10-17(21)11-22-8-7-18(13-22)9-16(12-23-18)20-15-5-3-2-4-6-15/h2-6,10,14,16,20H,7-9,11-13H2,1H3/t16-,18+/m0/s1. The van der Waals surface area contributed by atoms with E-state index in [9.17, 15) is 0 Å². The number of aryl methyl sites for hydroxylation is 1. The molecule has 0 saturated carbocycles. The molecule has 3 heterocycles. The number of rotatable bonds is 4. The number of nitrogens with one attached hydrogen (secondary N) is 1. The predicted molar refractivity (Wildman–Crippen MR) is 90.3 cm³/mol. The summed E-state index contributed by atoms with van der Waals surface area (Å²) in [5, 5.41) is 3.60. The lowest BCUT2D eigenvalue weighted by molar-refractivity contribution is 0.0118. The first-order valence-corrected chi connectivity index (χ1v) is 8.36. The van der Waals surface area contributed by atoms with Gasteiger partial charge in [-0.3, -0.25) is 4.90 Å². The zero-order chi connectivity index (χ0) is 15.7. The van der Waals surface area contributed by atoms with Gasteiger partial charge >= 0.3 is 0 Å². The zero-order valence-corrected chi connectivity index (χ0v) is 13.6. The van der Waals surface area contributed by atoms with Gasteiger partial charge in [0, 0.05) is 45.0 Å². The largest absolute Gasteiger partial charge is 0.380 e. The Hall–Kier alpha value is -1.85. The molecule has 1 aromatic carbocycles. The molecule has 5 nitrogen and oxygen atoms in total. The molecule has 0 amide bonds. The molecule has 0 aliphatic carbocycles. The number of nitrogens with zero attached hydrogens (tertiary/aromatic N) is 3. The highest BCUT2D eigenvalue weighted by atomic mass is 16.5. The van der Waals surface area contributed by atoms with Gasteiger partial charge in [-0.2, -0.15) is 0 Å². The fraction of sp³-hybridized carbons (Fsp3) is 0.500. The van der Waals surface area contributed by atoms with E-state index in [-0.39, 0.29) is 5.60 Å². The van der Waals surface area contributed by atoms with Gasteiger partial charge in [0.05, 0.1) is 30.3 Å². The molecule has 2 aromatic rings. The maximum atomic E-state index is 6.24. The van der Waals surface area contributed by atoms with E-state index >= 15 is 0 Å². The van der Waals surface area contributed by atoms with E-state index in [0.717, 1.165) is 39.1 Å². The Morgan fingerprint density at radius 2 is 2.22 bits per heavy atom. The third-order valence-electron chi connectivity index (χ3n) is 5.05. The number of imidazole rings is 1. The summed E-state index contributed by atoms with van der Waals surface area (Å²) >= 11 is 0. The third kappa shape index (κ3) is 3.12. The molecule has 1 aromatic heterocycles. The second-order valence-corrected chi connectivity index (χ2v) is 6.86. The minimum atomic E-state index is 0.0328. The molecule has 2 aliphatic heterocycles. The summed E-state index contributed by atoms with van der Waals surface area (Å²) in [6.07, 6.45) is 6.04. The second-order valence-electron chi connectivity index (χ2n) is 6.86. The van der Waals surface area contributed by atoms with E-state index in [1.165, 1.54) is 11.4 Å². The summed E-state index contributed by atoms with van der Waals surface area (Å²) in [5.74, 6) is 0. The lowest BCUT2D eigenvalue weighted by atomic mass is 9.97. The highest BCUT2D eigenvalue weighted by molar-refractivity contribution is 5.43. The average molecular weight is 312 g/mol. The number of hydrogen-bond donors (Lipinski definition) is 1. The van der Waals surface area contributed by atoms with Crippen LogP contribution in [0.2, 0.25) is 0 Å². The van der Waals surface area contributed by atoms with E-state index in [1.54, 1.807) is 0 Å². The fourth-order valence-electron chi connectivity index (χ4n) is 3.82. The number of benzene rings is 1. The van der Waals surface area contributed by atoms with Gasteiger partial charge in [-0.1, -0.05) is 18.2 Å². The zero-order valence-electron chi connectivity index (χ0n) is 13.6. The molecule has 2 saturated heterocycles. The third-order valence-corrected chi connectivity index (χ3v) is 5.05. The summed E-state index contributed by atoms with van der Waals surface area (Å²) in [5.41, 5.74) is 2.48. The van der Waals surface area contributed by atoms with Crippen molar-refractivity contribution in [1.29, 1.82) is 0 Å². The van der Waals surface area contributed by atoms with Gasteiger partial charge in [-0.15, -0.1) is 0 Å². The van der Waals surface area contributed by atoms with Gasteiger partial charge in [0.1, 0.15) is 0 Å². The highest BCUT2D eigenvalue weighted by Crippen LogP contribution is 2.36. The van der Waals surface area contributed by atoms with E-state index < -0.39 is 0 Å². The number of ether oxygens (including phenoxy) is 1. The van der Waals surface area contributed by atoms with Crippen molar-refractivity contribution < 1.29 is 4.74 Å². The number of anilines is 1. The van der Waals surface area contributed by atoms with Gasteiger partial charge < -0.3 is 14.6 Å². The molecule has 2 atom stereocenters. The van der Waals surface area contributed by atoms with Crippen LogP contribution >= 0.6 is 0 Å². The highest BCUT2D eigenvalue weighted by Gasteiger charge is 2.45.